The lowest BCUT2D eigenvalue weighted by atomic mass is 9.70. The average molecular weight is 574 g/mol. The zero-order valence-corrected chi connectivity index (χ0v) is 24.1. The molecule has 3 saturated heterocycles. The third kappa shape index (κ3) is 5.01. The molecular weight excluding hydrogens is 534 g/mol. The van der Waals surface area contributed by atoms with Crippen molar-refractivity contribution >= 4 is 29.1 Å². The van der Waals surface area contributed by atoms with Crippen LogP contribution in [0.5, 0.6) is 5.75 Å². The number of nitrogens with zero attached hydrogens (tertiary/aromatic N) is 3. The number of amides is 3. The van der Waals surface area contributed by atoms with Crippen molar-refractivity contribution in [3.8, 4) is 5.75 Å². The Morgan fingerprint density at radius 1 is 1.02 bits per heavy atom. The fourth-order valence-corrected chi connectivity index (χ4v) is 6.95. The second kappa shape index (κ2) is 12.5. The summed E-state index contributed by atoms with van der Waals surface area (Å²) < 4.78 is 11.9. The molecule has 3 aliphatic heterocycles. The van der Waals surface area contributed by atoms with Gasteiger partial charge in [-0.05, 0) is 62.1 Å². The normalized spacial score (nSPS) is 25.7. The summed E-state index contributed by atoms with van der Waals surface area (Å²) in [5, 5.41) is 9.45. The van der Waals surface area contributed by atoms with E-state index in [9.17, 15) is 19.5 Å². The molecule has 2 bridgehead atoms. The molecule has 3 heterocycles. The molecule has 0 saturated carbocycles. The van der Waals surface area contributed by atoms with Crippen LogP contribution in [0.2, 0.25) is 0 Å². The number of para-hydroxylation sites is 1. The van der Waals surface area contributed by atoms with Crippen molar-refractivity contribution in [2.24, 2.45) is 11.8 Å². The molecule has 2 unspecified atom stereocenters. The summed E-state index contributed by atoms with van der Waals surface area (Å²) in [4.78, 5) is 48.0. The maximum atomic E-state index is 14.6. The second-order valence-corrected chi connectivity index (χ2v) is 11.0. The van der Waals surface area contributed by atoms with Gasteiger partial charge in [0.05, 0.1) is 25.0 Å². The summed E-state index contributed by atoms with van der Waals surface area (Å²) in [6, 6.07) is 15.6. The Kier molecular flexibility index (Phi) is 8.80. The molecule has 2 aromatic rings. The zero-order chi connectivity index (χ0) is 29.9. The van der Waals surface area contributed by atoms with Crippen LogP contribution in [0.25, 0.3) is 0 Å². The van der Waals surface area contributed by atoms with E-state index in [0.29, 0.717) is 42.8 Å². The molecule has 5 rings (SSSR count). The molecule has 9 nitrogen and oxygen atoms in total. The van der Waals surface area contributed by atoms with Gasteiger partial charge in [-0.3, -0.25) is 14.4 Å². The van der Waals surface area contributed by atoms with Gasteiger partial charge in [0.25, 0.3) is 5.91 Å². The number of aliphatic hydroxyl groups excluding tert-OH is 1. The van der Waals surface area contributed by atoms with E-state index in [0.717, 1.165) is 0 Å². The SMILES string of the molecule is C=CCN(C(=O)C1N(CCCCO)C(=O)[C@@H]2[C@H](C(=O)N(CC=C)c3ccccc3)[C@@H]3CCC12O3)c1ccc(OC)cc1. The first-order valence-corrected chi connectivity index (χ1v) is 14.5. The Labute approximate surface area is 247 Å². The third-order valence-corrected chi connectivity index (χ3v) is 8.73. The highest BCUT2D eigenvalue weighted by Crippen LogP contribution is 2.59. The number of methoxy groups -OCH3 is 1. The number of unbranched alkanes of at least 4 members (excludes halogenated alkanes) is 1. The van der Waals surface area contributed by atoms with Crippen LogP contribution in [0.4, 0.5) is 11.4 Å². The van der Waals surface area contributed by atoms with Gasteiger partial charge in [-0.25, -0.2) is 0 Å². The van der Waals surface area contributed by atoms with Gasteiger partial charge in [-0.2, -0.15) is 0 Å². The fraction of sp³-hybridized carbons (Fsp3) is 0.424. The Hall–Kier alpha value is -3.95. The molecule has 9 heteroatoms. The standard InChI is InChI=1S/C33H39N3O6/c1-4-19-34(23-11-7-6-8-12-23)30(38)27-26-17-18-33(42-26)28(27)31(39)36(21-9-10-22-37)29(33)32(40)35(20-5-2)24-13-15-25(41-3)16-14-24/h4-8,11-16,26-29,37H,1-2,9-10,17-22H2,3H3/t26-,27+,28-,29?,33?/m0/s1. The predicted octanol–water partition coefficient (Wildman–Crippen LogP) is 3.58. The van der Waals surface area contributed by atoms with E-state index in [-0.39, 0.29) is 44.0 Å². The highest BCUT2D eigenvalue weighted by molar-refractivity contribution is 6.06. The summed E-state index contributed by atoms with van der Waals surface area (Å²) in [6.07, 6.45) is 4.94. The quantitative estimate of drug-likeness (QED) is 0.291. The lowest BCUT2D eigenvalue weighted by Crippen LogP contribution is -2.56. The maximum Gasteiger partial charge on any atom is 0.253 e. The Morgan fingerprint density at radius 3 is 2.29 bits per heavy atom. The predicted molar refractivity (Wildman–Crippen MR) is 160 cm³/mol. The largest absolute Gasteiger partial charge is 0.497 e. The monoisotopic (exact) mass is 573 g/mol. The van der Waals surface area contributed by atoms with Gasteiger partial charge < -0.3 is 29.3 Å². The number of likely N-dealkylation sites (tertiary alicyclic amines) is 1. The number of anilines is 2. The molecule has 0 aromatic heterocycles. The molecule has 222 valence electrons. The Balaban J connectivity index is 1.54. The smallest absolute Gasteiger partial charge is 0.253 e. The van der Waals surface area contributed by atoms with Crippen LogP contribution in [0, 0.1) is 11.8 Å². The van der Waals surface area contributed by atoms with Gasteiger partial charge in [0, 0.05) is 37.6 Å². The number of carbonyl (C=O) groups excluding carboxylic acids is 3. The van der Waals surface area contributed by atoms with E-state index in [2.05, 4.69) is 13.2 Å². The third-order valence-electron chi connectivity index (χ3n) is 8.73. The topological polar surface area (TPSA) is 99.6 Å². The van der Waals surface area contributed by atoms with Gasteiger partial charge in [0.2, 0.25) is 11.8 Å². The van der Waals surface area contributed by atoms with E-state index in [4.69, 9.17) is 9.47 Å². The van der Waals surface area contributed by atoms with E-state index < -0.39 is 29.6 Å². The number of ether oxygens (including phenoxy) is 2. The number of aliphatic hydroxyl groups is 1. The molecule has 1 spiro atoms. The van der Waals surface area contributed by atoms with E-state index in [1.54, 1.807) is 58.2 Å². The maximum absolute atomic E-state index is 14.6. The number of hydrogen-bond donors (Lipinski definition) is 1. The number of hydrogen-bond acceptors (Lipinski definition) is 6. The van der Waals surface area contributed by atoms with Crippen LogP contribution in [-0.2, 0) is 19.1 Å². The van der Waals surface area contributed by atoms with Crippen LogP contribution in [-0.4, -0.2) is 78.8 Å². The van der Waals surface area contributed by atoms with Gasteiger partial charge in [0.15, 0.2) is 0 Å². The summed E-state index contributed by atoms with van der Waals surface area (Å²) in [5.74, 6) is -1.58. The zero-order valence-electron chi connectivity index (χ0n) is 24.1. The molecule has 0 aliphatic carbocycles. The number of rotatable bonds is 13. The molecule has 1 N–H and O–H groups in total. The van der Waals surface area contributed by atoms with Crippen LogP contribution in [0.3, 0.4) is 0 Å². The number of fused-ring (bicyclic) bond motifs is 1. The van der Waals surface area contributed by atoms with Crippen molar-refractivity contribution in [2.75, 3.05) is 43.2 Å². The second-order valence-electron chi connectivity index (χ2n) is 11.0. The summed E-state index contributed by atoms with van der Waals surface area (Å²) in [6.45, 7) is 8.48. The first-order chi connectivity index (χ1) is 20.4. The van der Waals surface area contributed by atoms with Crippen molar-refractivity contribution in [2.45, 2.75) is 43.4 Å². The molecule has 42 heavy (non-hydrogen) atoms. The van der Waals surface area contributed by atoms with Crippen molar-refractivity contribution in [1.82, 2.24) is 4.90 Å². The van der Waals surface area contributed by atoms with Crippen LogP contribution < -0.4 is 14.5 Å². The van der Waals surface area contributed by atoms with Crippen molar-refractivity contribution in [1.29, 1.82) is 0 Å². The lowest BCUT2D eigenvalue weighted by Gasteiger charge is -2.37. The minimum Gasteiger partial charge on any atom is -0.497 e. The highest BCUT2D eigenvalue weighted by atomic mass is 16.5. The van der Waals surface area contributed by atoms with Gasteiger partial charge in [0.1, 0.15) is 17.4 Å². The van der Waals surface area contributed by atoms with Crippen LogP contribution in [0.1, 0.15) is 25.7 Å². The molecule has 3 amide bonds. The molecule has 0 radical (unpaired) electrons. The van der Waals surface area contributed by atoms with Crippen molar-refractivity contribution in [3.05, 3.63) is 79.9 Å². The molecule has 3 aliphatic rings. The first kappa shape index (κ1) is 29.5. The average Bonchev–Trinajstić information content (AvgIpc) is 3.66. The summed E-state index contributed by atoms with van der Waals surface area (Å²) in [5.41, 5.74) is 0.235. The molecular formula is C33H39N3O6. The highest BCUT2D eigenvalue weighted by Gasteiger charge is 2.74. The first-order valence-electron chi connectivity index (χ1n) is 14.5. The molecule has 2 aromatic carbocycles. The van der Waals surface area contributed by atoms with E-state index >= 15 is 0 Å². The van der Waals surface area contributed by atoms with Crippen LogP contribution in [0.15, 0.2) is 79.9 Å². The lowest BCUT2D eigenvalue weighted by molar-refractivity contribution is -0.140. The summed E-state index contributed by atoms with van der Waals surface area (Å²) >= 11 is 0. The van der Waals surface area contributed by atoms with E-state index in [1.165, 1.54) is 0 Å². The van der Waals surface area contributed by atoms with Gasteiger partial charge in [-0.15, -0.1) is 13.2 Å². The Morgan fingerprint density at radius 2 is 1.67 bits per heavy atom. The summed E-state index contributed by atoms with van der Waals surface area (Å²) in [7, 11) is 1.58. The van der Waals surface area contributed by atoms with Crippen molar-refractivity contribution in [3.63, 3.8) is 0 Å². The van der Waals surface area contributed by atoms with E-state index in [1.807, 2.05) is 30.3 Å². The molecule has 3 fully saturated rings. The van der Waals surface area contributed by atoms with Gasteiger partial charge in [-0.1, -0.05) is 30.4 Å². The minimum atomic E-state index is -1.12. The number of benzene rings is 2. The Bertz CT molecular complexity index is 1310. The number of carbonyl (C=O) groups is 3. The molecule has 5 atom stereocenters. The van der Waals surface area contributed by atoms with Gasteiger partial charge >= 0.3 is 0 Å². The fourth-order valence-electron chi connectivity index (χ4n) is 6.95. The minimum absolute atomic E-state index is 0.0169. The van der Waals surface area contributed by atoms with Crippen molar-refractivity contribution < 1.29 is 29.0 Å². The van der Waals surface area contributed by atoms with Crippen LogP contribution >= 0.6 is 0 Å².